The molecule has 6 heteroatoms. The minimum Gasteiger partial charge on any atom is -0.341 e. The first kappa shape index (κ1) is 20.9. The van der Waals surface area contributed by atoms with E-state index >= 15 is 0 Å². The maximum atomic E-state index is 13.1. The van der Waals surface area contributed by atoms with Crippen molar-refractivity contribution in [3.8, 4) is 5.69 Å². The average molecular weight is 431 g/mol. The lowest BCUT2D eigenvalue weighted by molar-refractivity contribution is 0.0403. The molecule has 2 aliphatic rings. The zero-order valence-electron chi connectivity index (χ0n) is 18.6. The van der Waals surface area contributed by atoms with E-state index in [0.29, 0.717) is 34.1 Å². The summed E-state index contributed by atoms with van der Waals surface area (Å²) in [4.78, 5) is 34.8. The molecule has 0 saturated carbocycles. The average Bonchev–Trinajstić information content (AvgIpc) is 2.84. The molecule has 0 spiro atoms. The number of carbonyl (C=O) groups is 1. The van der Waals surface area contributed by atoms with Gasteiger partial charge >= 0.3 is 0 Å². The number of nitrogens with zero attached hydrogens (tertiary/aromatic N) is 4. The van der Waals surface area contributed by atoms with Crippen LogP contribution in [0.3, 0.4) is 0 Å². The highest BCUT2D eigenvalue weighted by Crippen LogP contribution is 2.31. The Kier molecular flexibility index (Phi) is 5.79. The second-order valence-electron chi connectivity index (χ2n) is 9.17. The fourth-order valence-corrected chi connectivity index (χ4v) is 5.46. The van der Waals surface area contributed by atoms with Crippen LogP contribution in [-0.2, 0) is 0 Å². The van der Waals surface area contributed by atoms with Crippen molar-refractivity contribution in [3.05, 3.63) is 70.8 Å². The number of carbonyl (C=O) groups excluding carboxylic acids is 1. The standard InChI is InChI=1S/C26H30N4O2/c1-28(17-20-7-6-16-29-15-5-4-10-24(20)29)25(31)19-11-13-21(14-12-19)30-18-27-23-9-3-2-8-22(23)26(30)32/h2-3,8-9,11-14,18,20,24H,4-7,10,15-17H2,1H3. The van der Waals surface area contributed by atoms with Gasteiger partial charge < -0.3 is 9.80 Å². The van der Waals surface area contributed by atoms with Crippen molar-refractivity contribution in [2.24, 2.45) is 5.92 Å². The summed E-state index contributed by atoms with van der Waals surface area (Å²) in [6.45, 7) is 3.22. The van der Waals surface area contributed by atoms with Gasteiger partial charge in [-0.1, -0.05) is 18.6 Å². The second-order valence-corrected chi connectivity index (χ2v) is 9.17. The number of benzene rings is 2. The lowest BCUT2D eigenvalue weighted by Crippen LogP contribution is -2.51. The van der Waals surface area contributed by atoms with Crippen molar-refractivity contribution < 1.29 is 4.79 Å². The summed E-state index contributed by atoms with van der Waals surface area (Å²) in [5.74, 6) is 0.591. The maximum Gasteiger partial charge on any atom is 0.265 e. The van der Waals surface area contributed by atoms with Crippen molar-refractivity contribution in [1.82, 2.24) is 19.4 Å². The van der Waals surface area contributed by atoms with Crippen molar-refractivity contribution in [2.45, 2.75) is 38.1 Å². The first-order chi connectivity index (χ1) is 15.6. The predicted octanol–water partition coefficient (Wildman–Crippen LogP) is 3.72. The Balaban J connectivity index is 1.31. The van der Waals surface area contributed by atoms with Crippen LogP contribution in [0.5, 0.6) is 0 Å². The Labute approximate surface area is 188 Å². The molecular weight excluding hydrogens is 400 g/mol. The molecule has 1 aromatic heterocycles. The minimum absolute atomic E-state index is 0.0356. The fourth-order valence-electron chi connectivity index (χ4n) is 5.46. The Bertz CT molecular complexity index is 1170. The summed E-state index contributed by atoms with van der Waals surface area (Å²) in [5, 5.41) is 0.583. The first-order valence-corrected chi connectivity index (χ1v) is 11.7. The maximum absolute atomic E-state index is 13.1. The Morgan fingerprint density at radius 1 is 1.03 bits per heavy atom. The molecule has 32 heavy (non-hydrogen) atoms. The number of hydrogen-bond donors (Lipinski definition) is 0. The Hall–Kier alpha value is -2.99. The third-order valence-electron chi connectivity index (χ3n) is 7.14. The number of hydrogen-bond acceptors (Lipinski definition) is 4. The monoisotopic (exact) mass is 430 g/mol. The molecule has 2 atom stereocenters. The molecule has 0 radical (unpaired) electrons. The number of aromatic nitrogens is 2. The van der Waals surface area contributed by atoms with Crippen molar-refractivity contribution in [1.29, 1.82) is 0 Å². The molecule has 2 saturated heterocycles. The van der Waals surface area contributed by atoms with Crippen LogP contribution >= 0.6 is 0 Å². The van der Waals surface area contributed by atoms with Gasteiger partial charge in [-0.25, -0.2) is 4.98 Å². The summed E-state index contributed by atoms with van der Waals surface area (Å²) in [7, 11) is 1.91. The summed E-state index contributed by atoms with van der Waals surface area (Å²) in [6, 6.07) is 15.2. The highest BCUT2D eigenvalue weighted by atomic mass is 16.2. The number of rotatable bonds is 4. The van der Waals surface area contributed by atoms with Gasteiger partial charge in [0, 0.05) is 25.2 Å². The van der Waals surface area contributed by atoms with Crippen LogP contribution in [0, 0.1) is 5.92 Å². The molecule has 2 fully saturated rings. The van der Waals surface area contributed by atoms with E-state index in [9.17, 15) is 9.59 Å². The number of amides is 1. The highest BCUT2D eigenvalue weighted by Gasteiger charge is 2.34. The molecule has 2 aliphatic heterocycles. The molecule has 5 rings (SSSR count). The van der Waals surface area contributed by atoms with E-state index in [1.54, 1.807) is 12.4 Å². The summed E-state index contributed by atoms with van der Waals surface area (Å²) in [5.41, 5.74) is 1.93. The predicted molar refractivity (Wildman–Crippen MR) is 126 cm³/mol. The van der Waals surface area contributed by atoms with Gasteiger partial charge in [0.05, 0.1) is 16.6 Å². The van der Waals surface area contributed by atoms with Crippen LogP contribution in [0.25, 0.3) is 16.6 Å². The molecule has 0 aliphatic carbocycles. The molecule has 1 amide bonds. The van der Waals surface area contributed by atoms with Crippen LogP contribution in [0.1, 0.15) is 42.5 Å². The van der Waals surface area contributed by atoms with Gasteiger partial charge in [0.15, 0.2) is 0 Å². The van der Waals surface area contributed by atoms with Gasteiger partial charge in [0.2, 0.25) is 0 Å². The van der Waals surface area contributed by atoms with E-state index in [1.807, 2.05) is 54.4 Å². The lowest BCUT2D eigenvalue weighted by Gasteiger charge is -2.45. The smallest absolute Gasteiger partial charge is 0.265 e. The minimum atomic E-state index is -0.110. The van der Waals surface area contributed by atoms with Crippen molar-refractivity contribution in [2.75, 3.05) is 26.7 Å². The third kappa shape index (κ3) is 3.95. The molecule has 6 nitrogen and oxygen atoms in total. The zero-order chi connectivity index (χ0) is 22.1. The Morgan fingerprint density at radius 3 is 2.66 bits per heavy atom. The second kappa shape index (κ2) is 8.87. The quantitative estimate of drug-likeness (QED) is 0.633. The van der Waals surface area contributed by atoms with Gasteiger partial charge in [0.1, 0.15) is 6.33 Å². The van der Waals surface area contributed by atoms with Crippen LogP contribution in [0.15, 0.2) is 59.7 Å². The lowest BCUT2D eigenvalue weighted by atomic mass is 9.83. The highest BCUT2D eigenvalue weighted by molar-refractivity contribution is 5.94. The van der Waals surface area contributed by atoms with E-state index in [-0.39, 0.29) is 11.5 Å². The third-order valence-corrected chi connectivity index (χ3v) is 7.14. The topological polar surface area (TPSA) is 58.4 Å². The van der Waals surface area contributed by atoms with E-state index in [0.717, 1.165) is 6.54 Å². The Morgan fingerprint density at radius 2 is 1.81 bits per heavy atom. The van der Waals surface area contributed by atoms with Gasteiger partial charge in [-0.3, -0.25) is 14.2 Å². The van der Waals surface area contributed by atoms with Crippen LogP contribution < -0.4 is 5.56 Å². The molecule has 2 unspecified atom stereocenters. The number of fused-ring (bicyclic) bond motifs is 2. The van der Waals surface area contributed by atoms with Crippen LogP contribution in [0.2, 0.25) is 0 Å². The summed E-state index contributed by atoms with van der Waals surface area (Å²) >= 11 is 0. The molecular formula is C26H30N4O2. The van der Waals surface area contributed by atoms with Gasteiger partial charge in [0.25, 0.3) is 11.5 Å². The van der Waals surface area contributed by atoms with E-state index in [2.05, 4.69) is 9.88 Å². The van der Waals surface area contributed by atoms with Crippen molar-refractivity contribution in [3.63, 3.8) is 0 Å². The zero-order valence-corrected chi connectivity index (χ0v) is 18.6. The molecule has 0 N–H and O–H groups in total. The van der Waals surface area contributed by atoms with Gasteiger partial charge in [-0.2, -0.15) is 0 Å². The van der Waals surface area contributed by atoms with Crippen LogP contribution in [0.4, 0.5) is 0 Å². The summed E-state index contributed by atoms with van der Waals surface area (Å²) < 4.78 is 1.53. The van der Waals surface area contributed by atoms with Crippen molar-refractivity contribution >= 4 is 16.8 Å². The molecule has 166 valence electrons. The normalized spacial score (nSPS) is 21.3. The van der Waals surface area contributed by atoms with E-state index in [1.165, 1.54) is 49.8 Å². The fraction of sp³-hybridized carbons (Fsp3) is 0.423. The van der Waals surface area contributed by atoms with E-state index in [4.69, 9.17) is 0 Å². The van der Waals surface area contributed by atoms with Crippen LogP contribution in [-0.4, -0.2) is 58.0 Å². The van der Waals surface area contributed by atoms with Gasteiger partial charge in [-0.15, -0.1) is 0 Å². The summed E-state index contributed by atoms with van der Waals surface area (Å²) in [6.07, 6.45) is 7.85. The largest absolute Gasteiger partial charge is 0.341 e. The molecule has 0 bridgehead atoms. The number of para-hydroxylation sites is 1. The van der Waals surface area contributed by atoms with Gasteiger partial charge in [-0.05, 0) is 81.1 Å². The first-order valence-electron chi connectivity index (χ1n) is 11.7. The van der Waals surface area contributed by atoms with E-state index < -0.39 is 0 Å². The molecule has 3 heterocycles. The number of piperidine rings is 2. The SMILES string of the molecule is CN(CC1CCCN2CCCCC12)C(=O)c1ccc(-n2cnc3ccccc3c2=O)cc1. The molecule has 2 aromatic carbocycles. The molecule has 3 aromatic rings.